The zero-order chi connectivity index (χ0) is 20.2. The van der Waals surface area contributed by atoms with E-state index in [1.54, 1.807) is 13.3 Å². The third kappa shape index (κ3) is 2.69. The van der Waals surface area contributed by atoms with Gasteiger partial charge in [-0.25, -0.2) is 4.79 Å². The lowest BCUT2D eigenvalue weighted by Crippen LogP contribution is -2.46. The van der Waals surface area contributed by atoms with E-state index in [0.29, 0.717) is 0 Å². The van der Waals surface area contributed by atoms with Gasteiger partial charge >= 0.3 is 5.97 Å². The molecule has 0 amide bonds. The third-order valence-corrected chi connectivity index (χ3v) is 6.40. The summed E-state index contributed by atoms with van der Waals surface area (Å²) in [7, 11) is 1.65. The van der Waals surface area contributed by atoms with E-state index >= 15 is 0 Å². The minimum absolute atomic E-state index is 0.126. The Labute approximate surface area is 168 Å². The SMILES string of the molecule is COc1ccc(-c2ccc3c(c2)CC2(CCC2)n2cc(C(=O)O)c(=O)cc2-3)cc1. The highest BCUT2D eigenvalue weighted by molar-refractivity contribution is 5.88. The second kappa shape index (κ2) is 6.34. The number of aromatic nitrogens is 1. The summed E-state index contributed by atoms with van der Waals surface area (Å²) in [6, 6.07) is 15.8. The molecule has 5 rings (SSSR count). The smallest absolute Gasteiger partial charge is 0.341 e. The van der Waals surface area contributed by atoms with Crippen molar-refractivity contribution in [2.45, 2.75) is 31.2 Å². The van der Waals surface area contributed by atoms with Crippen LogP contribution in [0, 0.1) is 0 Å². The van der Waals surface area contributed by atoms with Gasteiger partial charge in [0.05, 0.1) is 12.8 Å². The number of benzene rings is 2. The first-order valence-corrected chi connectivity index (χ1v) is 9.79. The molecule has 1 N–H and O–H groups in total. The molecule has 5 nitrogen and oxygen atoms in total. The number of ether oxygens (including phenoxy) is 1. The summed E-state index contributed by atoms with van der Waals surface area (Å²) in [6.07, 6.45) is 5.50. The molecule has 1 aliphatic heterocycles. The maximum Gasteiger partial charge on any atom is 0.341 e. The molecule has 2 aromatic carbocycles. The normalized spacial score (nSPS) is 15.9. The van der Waals surface area contributed by atoms with Gasteiger partial charge in [0, 0.05) is 23.4 Å². The highest BCUT2D eigenvalue weighted by atomic mass is 16.5. The van der Waals surface area contributed by atoms with Gasteiger partial charge in [-0.1, -0.05) is 30.3 Å². The molecule has 1 saturated carbocycles. The van der Waals surface area contributed by atoms with Gasteiger partial charge in [0.1, 0.15) is 11.3 Å². The Kier molecular flexibility index (Phi) is 3.88. The second-order valence-corrected chi connectivity index (χ2v) is 7.97. The van der Waals surface area contributed by atoms with E-state index in [9.17, 15) is 14.7 Å². The second-order valence-electron chi connectivity index (χ2n) is 7.97. The Morgan fingerprint density at radius 3 is 2.41 bits per heavy atom. The van der Waals surface area contributed by atoms with E-state index in [4.69, 9.17) is 4.74 Å². The Morgan fingerprint density at radius 2 is 1.79 bits per heavy atom. The lowest BCUT2D eigenvalue weighted by Gasteiger charge is -2.48. The van der Waals surface area contributed by atoms with E-state index in [-0.39, 0.29) is 11.1 Å². The highest BCUT2D eigenvalue weighted by Gasteiger charge is 2.43. The molecule has 5 heteroatoms. The first-order chi connectivity index (χ1) is 14.0. The van der Waals surface area contributed by atoms with Crippen LogP contribution in [0.4, 0.5) is 0 Å². The predicted octanol–water partition coefficient (Wildman–Crippen LogP) is 4.32. The maximum absolute atomic E-state index is 12.4. The molecule has 1 aliphatic carbocycles. The number of aromatic carboxylic acids is 1. The van der Waals surface area contributed by atoms with Crippen molar-refractivity contribution in [3.05, 3.63) is 76.1 Å². The Bertz CT molecular complexity index is 1190. The van der Waals surface area contributed by atoms with E-state index in [1.165, 1.54) is 11.6 Å². The standard InChI is InChI=1S/C24H21NO4/c1-29-18-6-3-15(4-7-18)16-5-8-19-17(11-16)13-24(9-2-10-24)25-14-20(23(27)28)22(26)12-21(19)25/h3-8,11-12,14H,2,9-10,13H2,1H3,(H,27,28). The molecule has 0 saturated heterocycles. The molecule has 1 spiro atoms. The third-order valence-electron chi connectivity index (χ3n) is 6.40. The van der Waals surface area contributed by atoms with Crippen molar-refractivity contribution >= 4 is 5.97 Å². The lowest BCUT2D eigenvalue weighted by molar-refractivity contribution is 0.0691. The van der Waals surface area contributed by atoms with Crippen LogP contribution in [0.2, 0.25) is 0 Å². The van der Waals surface area contributed by atoms with Gasteiger partial charge in [0.2, 0.25) is 0 Å². The van der Waals surface area contributed by atoms with Gasteiger partial charge < -0.3 is 14.4 Å². The van der Waals surface area contributed by atoms with E-state index in [1.807, 2.05) is 30.3 Å². The van der Waals surface area contributed by atoms with Gasteiger partial charge in [0.25, 0.3) is 0 Å². The van der Waals surface area contributed by atoms with Crippen LogP contribution in [-0.2, 0) is 12.0 Å². The van der Waals surface area contributed by atoms with Crippen molar-refractivity contribution in [1.82, 2.24) is 4.57 Å². The van der Waals surface area contributed by atoms with E-state index in [2.05, 4.69) is 16.7 Å². The summed E-state index contributed by atoms with van der Waals surface area (Å²) in [5.41, 5.74) is 4.55. The molecule has 0 unspecified atom stereocenters. The first kappa shape index (κ1) is 17.7. The van der Waals surface area contributed by atoms with Crippen LogP contribution in [-0.4, -0.2) is 22.8 Å². The highest BCUT2D eigenvalue weighted by Crippen LogP contribution is 2.49. The summed E-state index contributed by atoms with van der Waals surface area (Å²) in [5.74, 6) is -0.344. The minimum Gasteiger partial charge on any atom is -0.497 e. The van der Waals surface area contributed by atoms with Crippen LogP contribution in [0.5, 0.6) is 5.75 Å². The molecule has 0 radical (unpaired) electrons. The fourth-order valence-corrected chi connectivity index (χ4v) is 4.69. The zero-order valence-corrected chi connectivity index (χ0v) is 16.1. The van der Waals surface area contributed by atoms with E-state index in [0.717, 1.165) is 53.8 Å². The number of methoxy groups -OCH3 is 1. The Hall–Kier alpha value is -3.34. The first-order valence-electron chi connectivity index (χ1n) is 9.79. The number of rotatable bonds is 3. The fourth-order valence-electron chi connectivity index (χ4n) is 4.69. The summed E-state index contributed by atoms with van der Waals surface area (Å²) < 4.78 is 7.30. The van der Waals surface area contributed by atoms with Crippen molar-refractivity contribution in [2.24, 2.45) is 0 Å². The van der Waals surface area contributed by atoms with Gasteiger partial charge in [-0.15, -0.1) is 0 Å². The summed E-state index contributed by atoms with van der Waals surface area (Å²) in [4.78, 5) is 23.9. The number of carboxylic acids is 1. The number of fused-ring (bicyclic) bond motifs is 4. The van der Waals surface area contributed by atoms with Crippen LogP contribution in [0.1, 0.15) is 35.2 Å². The molecule has 146 valence electrons. The van der Waals surface area contributed by atoms with Crippen LogP contribution in [0.15, 0.2) is 59.5 Å². The van der Waals surface area contributed by atoms with Crippen LogP contribution < -0.4 is 10.2 Å². The predicted molar refractivity (Wildman–Crippen MR) is 111 cm³/mol. The molecule has 1 aromatic heterocycles. The number of hydrogen-bond acceptors (Lipinski definition) is 3. The molecule has 1 fully saturated rings. The fraction of sp³-hybridized carbons (Fsp3) is 0.250. The molecule has 29 heavy (non-hydrogen) atoms. The number of nitrogens with zero attached hydrogens (tertiary/aromatic N) is 1. The van der Waals surface area contributed by atoms with Crippen LogP contribution in [0.25, 0.3) is 22.4 Å². The number of hydrogen-bond donors (Lipinski definition) is 1. The molecule has 0 bridgehead atoms. The van der Waals surface area contributed by atoms with Crippen LogP contribution >= 0.6 is 0 Å². The summed E-state index contributed by atoms with van der Waals surface area (Å²) in [6.45, 7) is 0. The van der Waals surface area contributed by atoms with Crippen molar-refractivity contribution < 1.29 is 14.6 Å². The molecule has 2 heterocycles. The topological polar surface area (TPSA) is 68.5 Å². The van der Waals surface area contributed by atoms with E-state index < -0.39 is 11.4 Å². The maximum atomic E-state index is 12.4. The number of carbonyl (C=O) groups is 1. The molecular formula is C24H21NO4. The average molecular weight is 387 g/mol. The lowest BCUT2D eigenvalue weighted by atomic mass is 9.69. The van der Waals surface area contributed by atoms with Crippen molar-refractivity contribution in [3.63, 3.8) is 0 Å². The Balaban J connectivity index is 1.66. The molecule has 0 atom stereocenters. The van der Waals surface area contributed by atoms with Gasteiger partial charge in [-0.2, -0.15) is 0 Å². The summed E-state index contributed by atoms with van der Waals surface area (Å²) in [5, 5.41) is 9.40. The van der Waals surface area contributed by atoms with Gasteiger partial charge in [-0.05, 0) is 54.5 Å². The monoisotopic (exact) mass is 387 g/mol. The van der Waals surface area contributed by atoms with Gasteiger partial charge in [-0.3, -0.25) is 4.79 Å². The quantitative estimate of drug-likeness (QED) is 0.727. The van der Waals surface area contributed by atoms with Crippen molar-refractivity contribution in [3.8, 4) is 28.1 Å². The van der Waals surface area contributed by atoms with Crippen molar-refractivity contribution in [1.29, 1.82) is 0 Å². The summed E-state index contributed by atoms with van der Waals surface area (Å²) >= 11 is 0. The number of pyridine rings is 1. The van der Waals surface area contributed by atoms with Gasteiger partial charge in [0.15, 0.2) is 5.43 Å². The number of carboxylic acid groups (broad SMARTS) is 1. The minimum atomic E-state index is -1.17. The van der Waals surface area contributed by atoms with Crippen LogP contribution in [0.3, 0.4) is 0 Å². The largest absolute Gasteiger partial charge is 0.497 e. The molecular weight excluding hydrogens is 366 g/mol. The Morgan fingerprint density at radius 1 is 1.07 bits per heavy atom. The molecule has 3 aromatic rings. The molecule has 2 aliphatic rings. The average Bonchev–Trinajstić information content (AvgIpc) is 2.71. The van der Waals surface area contributed by atoms with Crippen molar-refractivity contribution in [2.75, 3.05) is 7.11 Å². The zero-order valence-electron chi connectivity index (χ0n) is 16.1.